The highest BCUT2D eigenvalue weighted by Crippen LogP contribution is 2.16. The first-order chi connectivity index (χ1) is 7.60. The van der Waals surface area contributed by atoms with Gasteiger partial charge in [0.2, 0.25) is 5.91 Å². The van der Waals surface area contributed by atoms with E-state index in [9.17, 15) is 9.00 Å². The Bertz CT molecular complexity index is 271. The molecule has 16 heavy (non-hydrogen) atoms. The minimum atomic E-state index is -0.830. The summed E-state index contributed by atoms with van der Waals surface area (Å²) in [4.78, 5) is 13.9. The molecule has 0 aromatic heterocycles. The van der Waals surface area contributed by atoms with Gasteiger partial charge >= 0.3 is 0 Å². The van der Waals surface area contributed by atoms with E-state index in [1.54, 1.807) is 6.26 Å². The molecule has 0 spiro atoms. The standard InChI is InChI=1S/C11H22N2O2S/c1-4-6-9-11(14)13(7-8-16(3)15)10(5-2)12-9/h9-10,12H,4-8H2,1-3H3. The molecule has 1 rings (SSSR count). The van der Waals surface area contributed by atoms with Crippen LogP contribution >= 0.6 is 0 Å². The van der Waals surface area contributed by atoms with Gasteiger partial charge in [-0.15, -0.1) is 0 Å². The summed E-state index contributed by atoms with van der Waals surface area (Å²) in [5.74, 6) is 0.752. The average Bonchev–Trinajstić information content (AvgIpc) is 2.53. The molecule has 0 saturated carbocycles. The van der Waals surface area contributed by atoms with Gasteiger partial charge in [0.25, 0.3) is 0 Å². The molecule has 0 bridgehead atoms. The second-order valence-corrected chi connectivity index (χ2v) is 5.80. The number of hydrogen-bond donors (Lipinski definition) is 1. The molecule has 1 amide bonds. The second-order valence-electron chi connectivity index (χ2n) is 4.24. The van der Waals surface area contributed by atoms with Crippen molar-refractivity contribution in [2.45, 2.75) is 45.3 Å². The maximum absolute atomic E-state index is 12.0. The van der Waals surface area contributed by atoms with Crippen LogP contribution in [0.15, 0.2) is 0 Å². The Balaban J connectivity index is 2.58. The maximum Gasteiger partial charge on any atom is 0.241 e. The van der Waals surface area contributed by atoms with Crippen molar-refractivity contribution in [1.82, 2.24) is 10.2 Å². The molecule has 94 valence electrons. The summed E-state index contributed by atoms with van der Waals surface area (Å²) >= 11 is 0. The number of nitrogens with zero attached hydrogens (tertiary/aromatic N) is 1. The van der Waals surface area contributed by atoms with Crippen LogP contribution in [0.3, 0.4) is 0 Å². The first-order valence-corrected chi connectivity index (χ1v) is 7.69. The van der Waals surface area contributed by atoms with Crippen LogP contribution in [0.4, 0.5) is 0 Å². The van der Waals surface area contributed by atoms with Gasteiger partial charge in [-0.05, 0) is 12.8 Å². The van der Waals surface area contributed by atoms with Crippen LogP contribution in [-0.4, -0.2) is 45.8 Å². The lowest BCUT2D eigenvalue weighted by atomic mass is 10.2. The van der Waals surface area contributed by atoms with E-state index in [0.717, 1.165) is 19.3 Å². The molecule has 1 aliphatic rings. The SMILES string of the molecule is CCCC1NC(CC)N(CCS(C)=O)C1=O. The molecule has 4 nitrogen and oxygen atoms in total. The zero-order chi connectivity index (χ0) is 12.1. The molecule has 1 saturated heterocycles. The number of carbonyl (C=O) groups is 1. The van der Waals surface area contributed by atoms with Crippen LogP contribution in [0.25, 0.3) is 0 Å². The van der Waals surface area contributed by atoms with Crippen LogP contribution in [0.1, 0.15) is 33.1 Å². The third-order valence-corrected chi connectivity index (χ3v) is 3.69. The summed E-state index contributed by atoms with van der Waals surface area (Å²) in [6, 6.07) is -0.0276. The third kappa shape index (κ3) is 3.28. The molecule has 3 atom stereocenters. The van der Waals surface area contributed by atoms with Gasteiger partial charge in [-0.1, -0.05) is 20.3 Å². The van der Waals surface area contributed by atoms with E-state index in [-0.39, 0.29) is 18.1 Å². The molecular formula is C11H22N2O2S. The highest BCUT2D eigenvalue weighted by molar-refractivity contribution is 7.84. The highest BCUT2D eigenvalue weighted by atomic mass is 32.2. The van der Waals surface area contributed by atoms with Gasteiger partial charge in [0.1, 0.15) is 0 Å². The van der Waals surface area contributed by atoms with Crippen molar-refractivity contribution in [3.8, 4) is 0 Å². The molecule has 1 N–H and O–H groups in total. The fourth-order valence-electron chi connectivity index (χ4n) is 2.07. The second kappa shape index (κ2) is 6.35. The Morgan fingerprint density at radius 1 is 1.44 bits per heavy atom. The molecule has 1 heterocycles. The number of carbonyl (C=O) groups excluding carboxylic acids is 1. The van der Waals surface area contributed by atoms with E-state index in [1.807, 2.05) is 4.90 Å². The van der Waals surface area contributed by atoms with Gasteiger partial charge in [0, 0.05) is 29.4 Å². The summed E-state index contributed by atoms with van der Waals surface area (Å²) in [6.07, 6.45) is 4.61. The van der Waals surface area contributed by atoms with E-state index in [2.05, 4.69) is 19.2 Å². The predicted octanol–water partition coefficient (Wildman–Crippen LogP) is 0.702. The molecule has 3 unspecified atom stereocenters. The van der Waals surface area contributed by atoms with Crippen LogP contribution < -0.4 is 5.32 Å². The monoisotopic (exact) mass is 246 g/mol. The van der Waals surface area contributed by atoms with Crippen LogP contribution in [0.2, 0.25) is 0 Å². The van der Waals surface area contributed by atoms with E-state index in [0.29, 0.717) is 12.3 Å². The highest BCUT2D eigenvalue weighted by Gasteiger charge is 2.36. The van der Waals surface area contributed by atoms with Crippen molar-refractivity contribution in [2.24, 2.45) is 0 Å². The molecule has 1 fully saturated rings. The summed E-state index contributed by atoms with van der Waals surface area (Å²) in [5.41, 5.74) is 0. The molecule has 0 radical (unpaired) electrons. The zero-order valence-electron chi connectivity index (χ0n) is 10.4. The van der Waals surface area contributed by atoms with Gasteiger partial charge in [0.15, 0.2) is 0 Å². The fraction of sp³-hybridized carbons (Fsp3) is 0.909. The first kappa shape index (κ1) is 13.6. The van der Waals surface area contributed by atoms with Gasteiger partial charge in [-0.2, -0.15) is 0 Å². The fourth-order valence-corrected chi connectivity index (χ4v) is 2.53. The van der Waals surface area contributed by atoms with Crippen LogP contribution in [0.5, 0.6) is 0 Å². The third-order valence-electron chi connectivity index (χ3n) is 2.93. The van der Waals surface area contributed by atoms with Crippen molar-refractivity contribution in [3.05, 3.63) is 0 Å². The van der Waals surface area contributed by atoms with Crippen molar-refractivity contribution in [2.75, 3.05) is 18.6 Å². The zero-order valence-corrected chi connectivity index (χ0v) is 11.2. The Morgan fingerprint density at radius 3 is 2.62 bits per heavy atom. The van der Waals surface area contributed by atoms with Crippen molar-refractivity contribution in [1.29, 1.82) is 0 Å². The lowest BCUT2D eigenvalue weighted by molar-refractivity contribution is -0.129. The van der Waals surface area contributed by atoms with Crippen molar-refractivity contribution in [3.63, 3.8) is 0 Å². The Labute approximate surface area is 100 Å². The summed E-state index contributed by atoms with van der Waals surface area (Å²) in [5, 5.41) is 3.34. The summed E-state index contributed by atoms with van der Waals surface area (Å²) in [6.45, 7) is 4.75. The minimum Gasteiger partial charge on any atom is -0.325 e. The lowest BCUT2D eigenvalue weighted by Crippen LogP contribution is -2.39. The molecule has 0 aromatic carbocycles. The normalized spacial score (nSPS) is 27.4. The van der Waals surface area contributed by atoms with Crippen molar-refractivity contribution >= 4 is 16.7 Å². The number of rotatable bonds is 6. The largest absolute Gasteiger partial charge is 0.325 e. The van der Waals surface area contributed by atoms with E-state index in [1.165, 1.54) is 0 Å². The van der Waals surface area contributed by atoms with Crippen LogP contribution in [0, 0.1) is 0 Å². The Kier molecular flexibility index (Phi) is 5.41. The van der Waals surface area contributed by atoms with E-state index in [4.69, 9.17) is 0 Å². The van der Waals surface area contributed by atoms with Crippen LogP contribution in [-0.2, 0) is 15.6 Å². The predicted molar refractivity (Wildman–Crippen MR) is 66.6 cm³/mol. The Morgan fingerprint density at radius 2 is 2.12 bits per heavy atom. The summed E-state index contributed by atoms with van der Waals surface area (Å²) < 4.78 is 11.1. The average molecular weight is 246 g/mol. The smallest absolute Gasteiger partial charge is 0.241 e. The number of amides is 1. The molecular weight excluding hydrogens is 224 g/mol. The van der Waals surface area contributed by atoms with E-state index < -0.39 is 10.8 Å². The summed E-state index contributed by atoms with van der Waals surface area (Å²) in [7, 11) is -0.830. The molecule has 1 aliphatic heterocycles. The van der Waals surface area contributed by atoms with E-state index >= 15 is 0 Å². The van der Waals surface area contributed by atoms with Gasteiger partial charge in [-0.25, -0.2) is 0 Å². The first-order valence-electron chi connectivity index (χ1n) is 5.96. The van der Waals surface area contributed by atoms with Gasteiger partial charge < -0.3 is 4.90 Å². The molecule has 0 aromatic rings. The Hall–Kier alpha value is -0.420. The topological polar surface area (TPSA) is 49.4 Å². The van der Waals surface area contributed by atoms with Gasteiger partial charge in [0.05, 0.1) is 12.2 Å². The lowest BCUT2D eigenvalue weighted by Gasteiger charge is -2.22. The van der Waals surface area contributed by atoms with Gasteiger partial charge in [-0.3, -0.25) is 14.3 Å². The van der Waals surface area contributed by atoms with Crippen molar-refractivity contribution < 1.29 is 9.00 Å². The molecule has 0 aliphatic carbocycles. The number of hydrogen-bond acceptors (Lipinski definition) is 3. The maximum atomic E-state index is 12.0. The minimum absolute atomic E-state index is 0.0276. The number of nitrogens with one attached hydrogen (secondary N) is 1. The molecule has 5 heteroatoms. The quantitative estimate of drug-likeness (QED) is 0.750.